The summed E-state index contributed by atoms with van der Waals surface area (Å²) in [5.41, 5.74) is 5.72. The SMILES string of the molecule is Nc1cccc(N2CCN(CC3CC3)CC2)n1. The average Bonchev–Trinajstić information content (AvgIpc) is 3.14. The van der Waals surface area contributed by atoms with Gasteiger partial charge >= 0.3 is 0 Å². The highest BCUT2D eigenvalue weighted by Gasteiger charge is 2.26. The van der Waals surface area contributed by atoms with Gasteiger partial charge in [0.25, 0.3) is 0 Å². The van der Waals surface area contributed by atoms with Crippen molar-refractivity contribution < 1.29 is 0 Å². The van der Waals surface area contributed by atoms with Crippen LogP contribution in [0.1, 0.15) is 12.8 Å². The molecule has 1 aromatic heterocycles. The Balaban J connectivity index is 1.56. The first-order valence-electron chi connectivity index (χ1n) is 6.51. The van der Waals surface area contributed by atoms with Gasteiger partial charge < -0.3 is 10.6 Å². The summed E-state index contributed by atoms with van der Waals surface area (Å²) in [5.74, 6) is 2.63. The summed E-state index contributed by atoms with van der Waals surface area (Å²) in [6, 6.07) is 5.87. The van der Waals surface area contributed by atoms with Gasteiger partial charge in [-0.1, -0.05) is 6.07 Å². The maximum Gasteiger partial charge on any atom is 0.131 e. The van der Waals surface area contributed by atoms with E-state index in [1.807, 2.05) is 18.2 Å². The zero-order valence-corrected chi connectivity index (χ0v) is 10.2. The van der Waals surface area contributed by atoms with E-state index in [2.05, 4.69) is 14.8 Å². The van der Waals surface area contributed by atoms with Gasteiger partial charge in [0.05, 0.1) is 0 Å². The Kier molecular flexibility index (Phi) is 2.89. The van der Waals surface area contributed by atoms with Crippen LogP contribution in [0.4, 0.5) is 11.6 Å². The van der Waals surface area contributed by atoms with Gasteiger partial charge in [-0.2, -0.15) is 0 Å². The smallest absolute Gasteiger partial charge is 0.131 e. The lowest BCUT2D eigenvalue weighted by Crippen LogP contribution is -2.47. The Labute approximate surface area is 102 Å². The van der Waals surface area contributed by atoms with Gasteiger partial charge in [0, 0.05) is 32.7 Å². The monoisotopic (exact) mass is 232 g/mol. The molecule has 4 heteroatoms. The van der Waals surface area contributed by atoms with Crippen LogP contribution >= 0.6 is 0 Å². The van der Waals surface area contributed by atoms with Crippen LogP contribution in [0, 0.1) is 5.92 Å². The van der Waals surface area contributed by atoms with Gasteiger partial charge in [-0.25, -0.2) is 4.98 Å². The first-order valence-corrected chi connectivity index (χ1v) is 6.51. The number of hydrogen-bond donors (Lipinski definition) is 1. The number of nitrogens with zero attached hydrogens (tertiary/aromatic N) is 3. The molecule has 1 aromatic rings. The number of aromatic nitrogens is 1. The van der Waals surface area contributed by atoms with Crippen molar-refractivity contribution in [3.8, 4) is 0 Å². The number of piperazine rings is 1. The molecular weight excluding hydrogens is 212 g/mol. The van der Waals surface area contributed by atoms with Crippen molar-refractivity contribution in [2.24, 2.45) is 5.92 Å². The lowest BCUT2D eigenvalue weighted by atomic mass is 10.2. The molecule has 0 amide bonds. The van der Waals surface area contributed by atoms with E-state index < -0.39 is 0 Å². The molecule has 2 aliphatic rings. The maximum absolute atomic E-state index is 5.72. The van der Waals surface area contributed by atoms with E-state index in [0.29, 0.717) is 5.82 Å². The van der Waals surface area contributed by atoms with Crippen LogP contribution in [0.2, 0.25) is 0 Å². The second-order valence-corrected chi connectivity index (χ2v) is 5.15. The normalized spacial score (nSPS) is 21.8. The summed E-state index contributed by atoms with van der Waals surface area (Å²) in [7, 11) is 0. The minimum Gasteiger partial charge on any atom is -0.384 e. The molecular formula is C13H20N4. The molecule has 0 spiro atoms. The summed E-state index contributed by atoms with van der Waals surface area (Å²) in [6.45, 7) is 5.77. The van der Waals surface area contributed by atoms with Crippen LogP contribution in [0.15, 0.2) is 18.2 Å². The molecule has 92 valence electrons. The fraction of sp³-hybridized carbons (Fsp3) is 0.615. The van der Waals surface area contributed by atoms with Crippen LogP contribution in [-0.2, 0) is 0 Å². The Morgan fingerprint density at radius 1 is 1.18 bits per heavy atom. The first kappa shape index (κ1) is 10.8. The molecule has 0 bridgehead atoms. The summed E-state index contributed by atoms with van der Waals surface area (Å²) in [6.07, 6.45) is 2.88. The third kappa shape index (κ3) is 2.69. The number of nitrogen functional groups attached to an aromatic ring is 1. The third-order valence-electron chi connectivity index (χ3n) is 3.67. The standard InChI is InChI=1S/C13H20N4/c14-12-2-1-3-13(15-12)17-8-6-16(7-9-17)10-11-4-5-11/h1-3,11H,4-10H2,(H2,14,15). The van der Waals surface area contributed by atoms with Crippen molar-refractivity contribution in [3.05, 3.63) is 18.2 Å². The largest absolute Gasteiger partial charge is 0.384 e. The predicted octanol–water partition coefficient (Wildman–Crippen LogP) is 1.20. The molecule has 1 saturated carbocycles. The van der Waals surface area contributed by atoms with Gasteiger partial charge in [0.15, 0.2) is 0 Å². The number of pyridine rings is 1. The van der Waals surface area contributed by atoms with Crippen LogP contribution in [0.25, 0.3) is 0 Å². The molecule has 0 aromatic carbocycles. The minimum absolute atomic E-state index is 0.614. The van der Waals surface area contributed by atoms with Crippen molar-refractivity contribution in [2.45, 2.75) is 12.8 Å². The van der Waals surface area contributed by atoms with Gasteiger partial charge in [-0.3, -0.25) is 4.90 Å². The number of anilines is 2. The van der Waals surface area contributed by atoms with Crippen molar-refractivity contribution in [1.82, 2.24) is 9.88 Å². The Hall–Kier alpha value is -1.29. The predicted molar refractivity (Wildman–Crippen MR) is 70.0 cm³/mol. The molecule has 1 saturated heterocycles. The molecule has 4 nitrogen and oxygen atoms in total. The third-order valence-corrected chi connectivity index (χ3v) is 3.67. The van der Waals surface area contributed by atoms with Gasteiger partial charge in [-0.15, -0.1) is 0 Å². The summed E-state index contributed by atoms with van der Waals surface area (Å²) in [4.78, 5) is 9.30. The lowest BCUT2D eigenvalue weighted by molar-refractivity contribution is 0.247. The van der Waals surface area contributed by atoms with E-state index >= 15 is 0 Å². The molecule has 0 atom stereocenters. The Morgan fingerprint density at radius 2 is 1.94 bits per heavy atom. The topological polar surface area (TPSA) is 45.4 Å². The highest BCUT2D eigenvalue weighted by Crippen LogP contribution is 2.30. The average molecular weight is 232 g/mol. The second-order valence-electron chi connectivity index (χ2n) is 5.15. The van der Waals surface area contributed by atoms with Gasteiger partial charge in [-0.05, 0) is 30.9 Å². The second kappa shape index (κ2) is 4.53. The van der Waals surface area contributed by atoms with Crippen LogP contribution in [-0.4, -0.2) is 42.6 Å². The summed E-state index contributed by atoms with van der Waals surface area (Å²) >= 11 is 0. The van der Waals surface area contributed by atoms with Crippen molar-refractivity contribution >= 4 is 11.6 Å². The molecule has 2 fully saturated rings. The fourth-order valence-corrected chi connectivity index (χ4v) is 2.44. The zero-order valence-electron chi connectivity index (χ0n) is 10.2. The zero-order chi connectivity index (χ0) is 11.7. The molecule has 0 unspecified atom stereocenters. The van der Waals surface area contributed by atoms with Crippen molar-refractivity contribution in [1.29, 1.82) is 0 Å². The van der Waals surface area contributed by atoms with E-state index in [1.165, 1.54) is 19.4 Å². The molecule has 1 aliphatic carbocycles. The molecule has 0 radical (unpaired) electrons. The number of nitrogens with two attached hydrogens (primary N) is 1. The van der Waals surface area contributed by atoms with Crippen LogP contribution in [0.3, 0.4) is 0 Å². The molecule has 17 heavy (non-hydrogen) atoms. The van der Waals surface area contributed by atoms with Crippen molar-refractivity contribution in [3.63, 3.8) is 0 Å². The van der Waals surface area contributed by atoms with Gasteiger partial charge in [0.1, 0.15) is 11.6 Å². The van der Waals surface area contributed by atoms with E-state index in [-0.39, 0.29) is 0 Å². The highest BCUT2D eigenvalue weighted by atomic mass is 15.3. The Morgan fingerprint density at radius 3 is 2.59 bits per heavy atom. The lowest BCUT2D eigenvalue weighted by Gasteiger charge is -2.35. The minimum atomic E-state index is 0.614. The highest BCUT2D eigenvalue weighted by molar-refractivity contribution is 5.45. The van der Waals surface area contributed by atoms with Crippen LogP contribution < -0.4 is 10.6 Å². The van der Waals surface area contributed by atoms with E-state index in [1.54, 1.807) is 0 Å². The van der Waals surface area contributed by atoms with Gasteiger partial charge in [0.2, 0.25) is 0 Å². The molecule has 3 rings (SSSR count). The van der Waals surface area contributed by atoms with E-state index in [9.17, 15) is 0 Å². The summed E-state index contributed by atoms with van der Waals surface area (Å²) in [5, 5.41) is 0. The van der Waals surface area contributed by atoms with Crippen LogP contribution in [0.5, 0.6) is 0 Å². The summed E-state index contributed by atoms with van der Waals surface area (Å²) < 4.78 is 0. The maximum atomic E-state index is 5.72. The molecule has 2 N–H and O–H groups in total. The quantitative estimate of drug-likeness (QED) is 0.850. The number of rotatable bonds is 3. The molecule has 2 heterocycles. The van der Waals surface area contributed by atoms with E-state index in [4.69, 9.17) is 5.73 Å². The molecule has 1 aliphatic heterocycles. The fourth-order valence-electron chi connectivity index (χ4n) is 2.44. The Bertz CT molecular complexity index is 381. The first-order chi connectivity index (χ1) is 8.31. The number of hydrogen-bond acceptors (Lipinski definition) is 4. The van der Waals surface area contributed by atoms with E-state index in [0.717, 1.165) is 37.9 Å². The van der Waals surface area contributed by atoms with Crippen molar-refractivity contribution in [2.75, 3.05) is 43.4 Å².